The van der Waals surface area contributed by atoms with Crippen molar-refractivity contribution in [3.05, 3.63) is 57.8 Å². The number of hydrogen-bond acceptors (Lipinski definition) is 5. The van der Waals surface area contributed by atoms with Crippen molar-refractivity contribution in [3.8, 4) is 0 Å². The molecule has 0 aliphatic carbocycles. The average Bonchev–Trinajstić information content (AvgIpc) is 3.18. The summed E-state index contributed by atoms with van der Waals surface area (Å²) in [5.74, 6) is -0.0482. The molecule has 1 aromatic heterocycles. The standard InChI is InChI=1S/C20H26N4OS/c1-16-5-7-18(8-6-16)14-23-9-11-24(12-10-23)15-20(25)22-21-17(2)19-4-3-13-26-19/h3-8,13H,9-12,14-15H2,1-2H3,(H,22,25). The molecule has 2 aromatic rings. The molecule has 1 saturated heterocycles. The number of thiophene rings is 1. The Kier molecular flexibility index (Phi) is 6.55. The summed E-state index contributed by atoms with van der Waals surface area (Å²) in [6, 6.07) is 12.7. The predicted molar refractivity (Wildman–Crippen MR) is 108 cm³/mol. The van der Waals surface area contributed by atoms with Gasteiger partial charge >= 0.3 is 0 Å². The monoisotopic (exact) mass is 370 g/mol. The second-order valence-corrected chi connectivity index (χ2v) is 7.70. The molecule has 0 radical (unpaired) electrons. The maximum atomic E-state index is 12.1. The Morgan fingerprint density at radius 3 is 2.46 bits per heavy atom. The highest BCUT2D eigenvalue weighted by Gasteiger charge is 2.19. The molecule has 1 aromatic carbocycles. The van der Waals surface area contributed by atoms with Crippen LogP contribution in [0.2, 0.25) is 0 Å². The number of aryl methyl sites for hydroxylation is 1. The molecule has 0 spiro atoms. The van der Waals surface area contributed by atoms with E-state index >= 15 is 0 Å². The highest BCUT2D eigenvalue weighted by molar-refractivity contribution is 7.12. The quantitative estimate of drug-likeness (QED) is 0.628. The van der Waals surface area contributed by atoms with Gasteiger partial charge in [0.25, 0.3) is 5.91 Å². The zero-order chi connectivity index (χ0) is 18.4. The molecule has 26 heavy (non-hydrogen) atoms. The molecule has 1 N–H and O–H groups in total. The Labute approximate surface area is 159 Å². The van der Waals surface area contributed by atoms with Crippen molar-refractivity contribution in [2.45, 2.75) is 20.4 Å². The van der Waals surface area contributed by atoms with Crippen LogP contribution in [0.5, 0.6) is 0 Å². The molecule has 0 atom stereocenters. The topological polar surface area (TPSA) is 47.9 Å². The van der Waals surface area contributed by atoms with Gasteiger partial charge in [0, 0.05) is 37.6 Å². The highest BCUT2D eigenvalue weighted by Crippen LogP contribution is 2.10. The number of hydrazone groups is 1. The minimum Gasteiger partial charge on any atom is -0.297 e. The van der Waals surface area contributed by atoms with Gasteiger partial charge in [0.15, 0.2) is 0 Å². The number of nitrogens with one attached hydrogen (secondary N) is 1. The summed E-state index contributed by atoms with van der Waals surface area (Å²) >= 11 is 1.62. The summed E-state index contributed by atoms with van der Waals surface area (Å²) in [5, 5.41) is 6.21. The maximum Gasteiger partial charge on any atom is 0.254 e. The van der Waals surface area contributed by atoms with E-state index in [1.165, 1.54) is 11.1 Å². The van der Waals surface area contributed by atoms with Crippen LogP contribution in [0, 0.1) is 6.92 Å². The van der Waals surface area contributed by atoms with E-state index in [0.717, 1.165) is 43.3 Å². The largest absolute Gasteiger partial charge is 0.297 e. The Balaban J connectivity index is 1.40. The first-order valence-electron chi connectivity index (χ1n) is 8.97. The Hall–Kier alpha value is -2.02. The minimum absolute atomic E-state index is 0.0482. The van der Waals surface area contributed by atoms with E-state index in [1.807, 2.05) is 24.4 Å². The number of piperazine rings is 1. The van der Waals surface area contributed by atoms with Crippen LogP contribution in [0.1, 0.15) is 22.9 Å². The van der Waals surface area contributed by atoms with E-state index in [4.69, 9.17) is 0 Å². The van der Waals surface area contributed by atoms with Crippen molar-refractivity contribution in [1.82, 2.24) is 15.2 Å². The summed E-state index contributed by atoms with van der Waals surface area (Å²) in [4.78, 5) is 17.8. The molecule has 1 fully saturated rings. The van der Waals surface area contributed by atoms with E-state index in [2.05, 4.69) is 51.5 Å². The van der Waals surface area contributed by atoms with Crippen LogP contribution in [-0.2, 0) is 11.3 Å². The Morgan fingerprint density at radius 1 is 1.12 bits per heavy atom. The lowest BCUT2D eigenvalue weighted by Crippen LogP contribution is -2.48. The number of amides is 1. The summed E-state index contributed by atoms with van der Waals surface area (Å²) in [6.45, 7) is 9.19. The number of benzene rings is 1. The van der Waals surface area contributed by atoms with Crippen molar-refractivity contribution in [2.75, 3.05) is 32.7 Å². The van der Waals surface area contributed by atoms with Gasteiger partial charge in [0.2, 0.25) is 0 Å². The lowest BCUT2D eigenvalue weighted by molar-refractivity contribution is -0.122. The zero-order valence-electron chi connectivity index (χ0n) is 15.4. The SMILES string of the molecule is CC(=NNC(=O)CN1CCN(Cc2ccc(C)cc2)CC1)c1cccs1. The summed E-state index contributed by atoms with van der Waals surface area (Å²) in [7, 11) is 0. The number of rotatable bonds is 6. The van der Waals surface area contributed by atoms with Gasteiger partial charge in [-0.2, -0.15) is 5.10 Å². The normalized spacial score (nSPS) is 16.6. The summed E-state index contributed by atoms with van der Waals surface area (Å²) < 4.78 is 0. The van der Waals surface area contributed by atoms with Gasteiger partial charge < -0.3 is 0 Å². The van der Waals surface area contributed by atoms with Crippen LogP contribution in [-0.4, -0.2) is 54.1 Å². The van der Waals surface area contributed by atoms with Crippen molar-refractivity contribution >= 4 is 23.0 Å². The van der Waals surface area contributed by atoms with Gasteiger partial charge in [0.1, 0.15) is 0 Å². The highest BCUT2D eigenvalue weighted by atomic mass is 32.1. The van der Waals surface area contributed by atoms with Crippen LogP contribution in [0.3, 0.4) is 0 Å². The first-order chi connectivity index (χ1) is 12.6. The third kappa shape index (κ3) is 5.49. The Bertz CT molecular complexity index is 732. The van der Waals surface area contributed by atoms with Gasteiger partial charge in [-0.3, -0.25) is 14.6 Å². The molecule has 1 amide bonds. The van der Waals surface area contributed by atoms with Gasteiger partial charge in [-0.05, 0) is 30.9 Å². The fraction of sp³-hybridized carbons (Fsp3) is 0.400. The molecule has 0 unspecified atom stereocenters. The van der Waals surface area contributed by atoms with Gasteiger partial charge in [-0.25, -0.2) is 5.43 Å². The molecule has 3 rings (SSSR count). The molecule has 0 saturated carbocycles. The second kappa shape index (κ2) is 9.07. The van der Waals surface area contributed by atoms with E-state index in [0.29, 0.717) is 6.54 Å². The number of carbonyl (C=O) groups is 1. The van der Waals surface area contributed by atoms with E-state index < -0.39 is 0 Å². The Morgan fingerprint density at radius 2 is 1.81 bits per heavy atom. The molecular weight excluding hydrogens is 344 g/mol. The first kappa shape index (κ1) is 18.8. The molecule has 138 valence electrons. The minimum atomic E-state index is -0.0482. The van der Waals surface area contributed by atoms with Crippen LogP contribution in [0.25, 0.3) is 0 Å². The first-order valence-corrected chi connectivity index (χ1v) is 9.85. The van der Waals surface area contributed by atoms with Gasteiger partial charge in [-0.1, -0.05) is 35.9 Å². The predicted octanol–water partition coefficient (Wildman–Crippen LogP) is 2.71. The fourth-order valence-electron chi connectivity index (χ4n) is 2.98. The molecule has 6 heteroatoms. The number of nitrogens with zero attached hydrogens (tertiary/aromatic N) is 3. The van der Waals surface area contributed by atoms with Crippen molar-refractivity contribution in [3.63, 3.8) is 0 Å². The molecular formula is C20H26N4OS. The smallest absolute Gasteiger partial charge is 0.254 e. The molecule has 0 bridgehead atoms. The van der Waals surface area contributed by atoms with Crippen LogP contribution in [0.15, 0.2) is 46.9 Å². The lowest BCUT2D eigenvalue weighted by Gasteiger charge is -2.34. The van der Waals surface area contributed by atoms with E-state index in [-0.39, 0.29) is 5.91 Å². The summed E-state index contributed by atoms with van der Waals surface area (Å²) in [5.41, 5.74) is 6.16. The number of carbonyl (C=O) groups excluding carboxylic acids is 1. The molecule has 1 aliphatic rings. The van der Waals surface area contributed by atoms with Crippen LogP contribution < -0.4 is 5.43 Å². The molecule has 2 heterocycles. The van der Waals surface area contributed by atoms with E-state index in [9.17, 15) is 4.79 Å². The van der Waals surface area contributed by atoms with Crippen molar-refractivity contribution in [2.24, 2.45) is 5.10 Å². The third-order valence-corrected chi connectivity index (χ3v) is 5.56. The average molecular weight is 371 g/mol. The fourth-order valence-corrected chi connectivity index (χ4v) is 3.66. The molecule has 5 nitrogen and oxygen atoms in total. The van der Waals surface area contributed by atoms with Gasteiger partial charge in [-0.15, -0.1) is 11.3 Å². The van der Waals surface area contributed by atoms with Gasteiger partial charge in [0.05, 0.1) is 12.3 Å². The number of hydrogen-bond donors (Lipinski definition) is 1. The van der Waals surface area contributed by atoms with Crippen LogP contribution >= 0.6 is 11.3 Å². The summed E-state index contributed by atoms with van der Waals surface area (Å²) in [6.07, 6.45) is 0. The molecule has 1 aliphatic heterocycles. The third-order valence-electron chi connectivity index (χ3n) is 4.58. The van der Waals surface area contributed by atoms with E-state index in [1.54, 1.807) is 11.3 Å². The van der Waals surface area contributed by atoms with Crippen molar-refractivity contribution < 1.29 is 4.79 Å². The van der Waals surface area contributed by atoms with Crippen molar-refractivity contribution in [1.29, 1.82) is 0 Å². The maximum absolute atomic E-state index is 12.1. The van der Waals surface area contributed by atoms with Crippen LogP contribution in [0.4, 0.5) is 0 Å². The zero-order valence-corrected chi connectivity index (χ0v) is 16.3. The lowest BCUT2D eigenvalue weighted by atomic mass is 10.1. The second-order valence-electron chi connectivity index (χ2n) is 6.75.